The third-order valence-corrected chi connectivity index (χ3v) is 3.60. The molecule has 5 nitrogen and oxygen atoms in total. The highest BCUT2D eigenvalue weighted by atomic mass is 15.3. The smallest absolute Gasteiger partial charge is 0.151 e. The maximum absolute atomic E-state index is 5.71. The molecule has 1 aliphatic heterocycles. The van der Waals surface area contributed by atoms with Crippen LogP contribution in [0.5, 0.6) is 0 Å². The molecule has 2 unspecified atom stereocenters. The SMILES string of the molecule is CC1CN(c2nccnc2CN)CC(C)N1C. The van der Waals surface area contributed by atoms with Gasteiger partial charge in [-0.3, -0.25) is 9.88 Å². The molecule has 0 spiro atoms. The second-order valence-electron chi connectivity index (χ2n) is 4.80. The van der Waals surface area contributed by atoms with Crippen molar-refractivity contribution in [1.82, 2.24) is 14.9 Å². The highest BCUT2D eigenvalue weighted by molar-refractivity contribution is 5.44. The van der Waals surface area contributed by atoms with E-state index in [9.17, 15) is 0 Å². The molecule has 0 amide bonds. The van der Waals surface area contributed by atoms with Crippen molar-refractivity contribution in [3.8, 4) is 0 Å². The van der Waals surface area contributed by atoms with E-state index >= 15 is 0 Å². The van der Waals surface area contributed by atoms with Crippen molar-refractivity contribution in [2.75, 3.05) is 25.0 Å². The van der Waals surface area contributed by atoms with Gasteiger partial charge < -0.3 is 10.6 Å². The van der Waals surface area contributed by atoms with Gasteiger partial charge in [0.25, 0.3) is 0 Å². The molecule has 1 aromatic rings. The van der Waals surface area contributed by atoms with Crippen molar-refractivity contribution in [2.24, 2.45) is 5.73 Å². The molecule has 0 radical (unpaired) electrons. The number of hydrogen-bond acceptors (Lipinski definition) is 5. The van der Waals surface area contributed by atoms with Crippen LogP contribution in [-0.2, 0) is 6.54 Å². The van der Waals surface area contributed by atoms with Crippen molar-refractivity contribution in [1.29, 1.82) is 0 Å². The van der Waals surface area contributed by atoms with Gasteiger partial charge in [-0.15, -0.1) is 0 Å². The average molecular weight is 235 g/mol. The Morgan fingerprint density at radius 3 is 2.41 bits per heavy atom. The summed E-state index contributed by atoms with van der Waals surface area (Å²) in [4.78, 5) is 13.4. The summed E-state index contributed by atoms with van der Waals surface area (Å²) in [6.07, 6.45) is 3.44. The Morgan fingerprint density at radius 1 is 1.24 bits per heavy atom. The van der Waals surface area contributed by atoms with Gasteiger partial charge in [0.05, 0.1) is 5.69 Å². The van der Waals surface area contributed by atoms with Crippen molar-refractivity contribution in [2.45, 2.75) is 32.5 Å². The maximum Gasteiger partial charge on any atom is 0.151 e. The lowest BCUT2D eigenvalue weighted by Crippen LogP contribution is -2.55. The van der Waals surface area contributed by atoms with Crippen LogP contribution in [0.4, 0.5) is 5.82 Å². The molecule has 1 aliphatic rings. The van der Waals surface area contributed by atoms with Crippen LogP contribution in [0.3, 0.4) is 0 Å². The van der Waals surface area contributed by atoms with E-state index in [0.29, 0.717) is 18.6 Å². The van der Waals surface area contributed by atoms with Crippen molar-refractivity contribution >= 4 is 5.82 Å². The van der Waals surface area contributed by atoms with Gasteiger partial charge in [-0.05, 0) is 20.9 Å². The molecule has 1 fully saturated rings. The molecule has 2 rings (SSSR count). The van der Waals surface area contributed by atoms with Gasteiger partial charge >= 0.3 is 0 Å². The summed E-state index contributed by atoms with van der Waals surface area (Å²) < 4.78 is 0. The molecule has 1 aromatic heterocycles. The first-order chi connectivity index (χ1) is 8.13. The van der Waals surface area contributed by atoms with Gasteiger partial charge in [0.2, 0.25) is 0 Å². The Kier molecular flexibility index (Phi) is 3.59. The van der Waals surface area contributed by atoms with E-state index in [1.807, 2.05) is 0 Å². The lowest BCUT2D eigenvalue weighted by Gasteiger charge is -2.43. The summed E-state index contributed by atoms with van der Waals surface area (Å²) in [6, 6.07) is 1.04. The molecule has 0 saturated carbocycles. The topological polar surface area (TPSA) is 58.3 Å². The van der Waals surface area contributed by atoms with E-state index in [1.54, 1.807) is 12.4 Å². The number of anilines is 1. The zero-order chi connectivity index (χ0) is 12.4. The number of nitrogens with zero attached hydrogens (tertiary/aromatic N) is 4. The number of hydrogen-bond donors (Lipinski definition) is 1. The molecular formula is C12H21N5. The Labute approximate surface area is 103 Å². The highest BCUT2D eigenvalue weighted by Crippen LogP contribution is 2.21. The molecular weight excluding hydrogens is 214 g/mol. The van der Waals surface area contributed by atoms with Crippen molar-refractivity contribution in [3.05, 3.63) is 18.1 Å². The van der Waals surface area contributed by atoms with Crippen LogP contribution in [-0.4, -0.2) is 47.1 Å². The van der Waals surface area contributed by atoms with Gasteiger partial charge in [0, 0.05) is 44.1 Å². The number of rotatable bonds is 2. The van der Waals surface area contributed by atoms with Gasteiger partial charge in [-0.1, -0.05) is 0 Å². The Morgan fingerprint density at radius 2 is 1.82 bits per heavy atom. The van der Waals surface area contributed by atoms with Gasteiger partial charge in [-0.25, -0.2) is 4.98 Å². The number of likely N-dealkylation sites (N-methyl/N-ethyl adjacent to an activating group) is 1. The van der Waals surface area contributed by atoms with Crippen LogP contribution in [0.1, 0.15) is 19.5 Å². The normalized spacial score (nSPS) is 26.2. The van der Waals surface area contributed by atoms with Crippen LogP contribution in [0.15, 0.2) is 12.4 Å². The zero-order valence-corrected chi connectivity index (χ0v) is 10.8. The molecule has 2 atom stereocenters. The molecule has 1 saturated heterocycles. The third kappa shape index (κ3) is 2.40. The van der Waals surface area contributed by atoms with Gasteiger partial charge in [0.1, 0.15) is 0 Å². The van der Waals surface area contributed by atoms with Crippen LogP contribution < -0.4 is 10.6 Å². The molecule has 5 heteroatoms. The molecule has 0 bridgehead atoms. The summed E-state index contributed by atoms with van der Waals surface area (Å²) in [7, 11) is 2.17. The number of piperazine rings is 1. The average Bonchev–Trinajstić information content (AvgIpc) is 2.35. The minimum atomic E-state index is 0.443. The summed E-state index contributed by atoms with van der Waals surface area (Å²) in [6.45, 7) is 6.87. The molecule has 2 N–H and O–H groups in total. The largest absolute Gasteiger partial charge is 0.352 e. The number of nitrogens with two attached hydrogens (primary N) is 1. The maximum atomic E-state index is 5.71. The molecule has 17 heavy (non-hydrogen) atoms. The van der Waals surface area contributed by atoms with Crippen LogP contribution >= 0.6 is 0 Å². The first-order valence-corrected chi connectivity index (χ1v) is 6.10. The molecule has 0 aliphatic carbocycles. The second kappa shape index (κ2) is 4.98. The lowest BCUT2D eigenvalue weighted by atomic mass is 10.1. The summed E-state index contributed by atoms with van der Waals surface area (Å²) >= 11 is 0. The summed E-state index contributed by atoms with van der Waals surface area (Å²) in [5.74, 6) is 0.946. The Bertz CT molecular complexity index is 369. The molecule has 0 aromatic carbocycles. The van der Waals surface area contributed by atoms with E-state index in [1.165, 1.54) is 0 Å². The van der Waals surface area contributed by atoms with Crippen molar-refractivity contribution < 1.29 is 0 Å². The fourth-order valence-corrected chi connectivity index (χ4v) is 2.35. The second-order valence-corrected chi connectivity index (χ2v) is 4.80. The van der Waals surface area contributed by atoms with E-state index in [0.717, 1.165) is 24.6 Å². The van der Waals surface area contributed by atoms with Gasteiger partial charge in [-0.2, -0.15) is 0 Å². The first-order valence-electron chi connectivity index (χ1n) is 6.10. The monoisotopic (exact) mass is 235 g/mol. The quantitative estimate of drug-likeness (QED) is 0.807. The predicted octanol–water partition coefficient (Wildman–Crippen LogP) is 0.464. The van der Waals surface area contributed by atoms with Crippen molar-refractivity contribution in [3.63, 3.8) is 0 Å². The summed E-state index contributed by atoms with van der Waals surface area (Å²) in [5.41, 5.74) is 6.60. The van der Waals surface area contributed by atoms with E-state index in [4.69, 9.17) is 5.73 Å². The van der Waals surface area contributed by atoms with Crippen LogP contribution in [0.2, 0.25) is 0 Å². The standard InChI is InChI=1S/C12H21N5/c1-9-7-17(8-10(2)16(9)3)12-11(6-13)14-4-5-15-12/h4-5,9-10H,6-8,13H2,1-3H3. The molecule has 94 valence electrons. The fourth-order valence-electron chi connectivity index (χ4n) is 2.35. The van der Waals surface area contributed by atoms with E-state index < -0.39 is 0 Å². The minimum Gasteiger partial charge on any atom is -0.352 e. The van der Waals surface area contributed by atoms with Crippen LogP contribution in [0, 0.1) is 0 Å². The lowest BCUT2D eigenvalue weighted by molar-refractivity contribution is 0.169. The fraction of sp³-hybridized carbons (Fsp3) is 0.667. The molecule has 2 heterocycles. The minimum absolute atomic E-state index is 0.443. The first kappa shape index (κ1) is 12.3. The number of aromatic nitrogens is 2. The van der Waals surface area contributed by atoms with Crippen LogP contribution in [0.25, 0.3) is 0 Å². The van der Waals surface area contributed by atoms with E-state index in [2.05, 4.69) is 40.7 Å². The predicted molar refractivity (Wildman–Crippen MR) is 68.8 cm³/mol. The van der Waals surface area contributed by atoms with E-state index in [-0.39, 0.29) is 0 Å². The highest BCUT2D eigenvalue weighted by Gasteiger charge is 2.28. The Balaban J connectivity index is 2.22. The summed E-state index contributed by atoms with van der Waals surface area (Å²) in [5, 5.41) is 0. The van der Waals surface area contributed by atoms with Gasteiger partial charge in [0.15, 0.2) is 5.82 Å². The Hall–Kier alpha value is -1.20. The third-order valence-electron chi connectivity index (χ3n) is 3.60. The zero-order valence-electron chi connectivity index (χ0n) is 10.8.